The number of ether oxygens (including phenoxy) is 1. The Morgan fingerprint density at radius 2 is 1.67 bits per heavy atom. The third-order valence-electron chi connectivity index (χ3n) is 4.74. The van der Waals surface area contributed by atoms with Gasteiger partial charge in [0, 0.05) is 23.8 Å². The topological polar surface area (TPSA) is 113 Å². The first kappa shape index (κ1) is 22.1. The summed E-state index contributed by atoms with van der Waals surface area (Å²) < 4.78 is 31.8. The normalized spacial score (nSPS) is 15.5. The first-order chi connectivity index (χ1) is 14.3. The molecular weight excluding hydrogens is 432 g/mol. The van der Waals surface area contributed by atoms with E-state index in [0.29, 0.717) is 23.6 Å². The van der Waals surface area contributed by atoms with Crippen LogP contribution in [-0.4, -0.2) is 49.4 Å². The van der Waals surface area contributed by atoms with E-state index in [2.05, 4.69) is 5.32 Å². The molecule has 1 heterocycles. The summed E-state index contributed by atoms with van der Waals surface area (Å²) in [5, 5.41) is 12.2. The summed E-state index contributed by atoms with van der Waals surface area (Å²) in [5.74, 6) is -1.43. The van der Waals surface area contributed by atoms with Crippen molar-refractivity contribution in [3.8, 4) is 5.75 Å². The molecule has 30 heavy (non-hydrogen) atoms. The Balaban J connectivity index is 1.47. The summed E-state index contributed by atoms with van der Waals surface area (Å²) in [6, 6.07) is 11.8. The Bertz CT molecular complexity index is 1000. The molecule has 1 aliphatic rings. The molecule has 10 heteroatoms. The van der Waals surface area contributed by atoms with E-state index in [4.69, 9.17) is 16.3 Å². The molecule has 1 fully saturated rings. The van der Waals surface area contributed by atoms with Gasteiger partial charge in [0.2, 0.25) is 10.0 Å². The van der Waals surface area contributed by atoms with Crippen LogP contribution in [0.2, 0.25) is 5.02 Å². The Labute approximate surface area is 179 Å². The van der Waals surface area contributed by atoms with Crippen molar-refractivity contribution in [3.05, 3.63) is 53.6 Å². The van der Waals surface area contributed by atoms with E-state index in [1.807, 2.05) is 0 Å². The van der Waals surface area contributed by atoms with Crippen LogP contribution in [-0.2, 0) is 24.3 Å². The number of phenols is 1. The van der Waals surface area contributed by atoms with Crippen molar-refractivity contribution >= 4 is 39.2 Å². The van der Waals surface area contributed by atoms with Crippen LogP contribution in [0.25, 0.3) is 0 Å². The van der Waals surface area contributed by atoms with Crippen molar-refractivity contribution in [1.29, 1.82) is 0 Å². The van der Waals surface area contributed by atoms with E-state index in [9.17, 15) is 23.1 Å². The minimum atomic E-state index is -3.65. The number of amides is 1. The van der Waals surface area contributed by atoms with Crippen LogP contribution in [0.3, 0.4) is 0 Å². The smallest absolute Gasteiger partial charge is 0.309 e. The van der Waals surface area contributed by atoms with E-state index in [1.54, 1.807) is 0 Å². The second-order valence-corrected chi connectivity index (χ2v) is 9.21. The Kier molecular flexibility index (Phi) is 6.96. The molecule has 0 spiro atoms. The van der Waals surface area contributed by atoms with Gasteiger partial charge in [-0.2, -0.15) is 4.31 Å². The molecule has 0 radical (unpaired) electrons. The van der Waals surface area contributed by atoms with Gasteiger partial charge in [-0.1, -0.05) is 11.6 Å². The van der Waals surface area contributed by atoms with Gasteiger partial charge in [-0.3, -0.25) is 9.59 Å². The lowest BCUT2D eigenvalue weighted by molar-refractivity contribution is -0.152. The third-order valence-corrected chi connectivity index (χ3v) is 6.90. The third kappa shape index (κ3) is 5.50. The zero-order valence-electron chi connectivity index (χ0n) is 16.0. The number of hydrogen-bond acceptors (Lipinski definition) is 6. The monoisotopic (exact) mass is 452 g/mol. The molecule has 1 aliphatic heterocycles. The molecule has 8 nitrogen and oxygen atoms in total. The summed E-state index contributed by atoms with van der Waals surface area (Å²) in [5.41, 5.74) is 0.467. The number of esters is 1. The quantitative estimate of drug-likeness (QED) is 0.514. The molecule has 0 bridgehead atoms. The summed E-state index contributed by atoms with van der Waals surface area (Å²) in [6.07, 6.45) is 0.621. The molecule has 3 rings (SSSR count). The van der Waals surface area contributed by atoms with E-state index >= 15 is 0 Å². The van der Waals surface area contributed by atoms with Gasteiger partial charge in [0.05, 0.1) is 10.8 Å². The second kappa shape index (κ2) is 9.46. The molecule has 0 unspecified atom stereocenters. The fraction of sp³-hybridized carbons (Fsp3) is 0.300. The summed E-state index contributed by atoms with van der Waals surface area (Å²) in [4.78, 5) is 24.3. The van der Waals surface area contributed by atoms with Gasteiger partial charge in [0.25, 0.3) is 5.91 Å². The highest BCUT2D eigenvalue weighted by Gasteiger charge is 2.33. The number of nitrogens with zero attached hydrogens (tertiary/aromatic N) is 1. The van der Waals surface area contributed by atoms with Crippen LogP contribution in [0, 0.1) is 5.92 Å². The van der Waals surface area contributed by atoms with E-state index in [-0.39, 0.29) is 23.7 Å². The number of hydrogen-bond donors (Lipinski definition) is 2. The van der Waals surface area contributed by atoms with Crippen molar-refractivity contribution in [2.75, 3.05) is 25.0 Å². The van der Waals surface area contributed by atoms with Crippen molar-refractivity contribution in [2.24, 2.45) is 5.92 Å². The lowest BCUT2D eigenvalue weighted by atomic mass is 9.98. The van der Waals surface area contributed by atoms with Gasteiger partial charge in [-0.25, -0.2) is 8.42 Å². The van der Waals surface area contributed by atoms with Crippen molar-refractivity contribution in [1.82, 2.24) is 4.31 Å². The maximum Gasteiger partial charge on any atom is 0.309 e. The molecule has 2 aromatic carbocycles. The lowest BCUT2D eigenvalue weighted by Gasteiger charge is -2.30. The van der Waals surface area contributed by atoms with Gasteiger partial charge < -0.3 is 15.2 Å². The fourth-order valence-electron chi connectivity index (χ4n) is 3.08. The highest BCUT2D eigenvalue weighted by molar-refractivity contribution is 7.89. The van der Waals surface area contributed by atoms with Gasteiger partial charge in [-0.15, -0.1) is 0 Å². The second-order valence-electron chi connectivity index (χ2n) is 6.84. The van der Waals surface area contributed by atoms with Crippen molar-refractivity contribution < 1.29 is 27.9 Å². The number of phenolic OH excluding ortho intramolecular Hbond substituents is 1. The average Bonchev–Trinajstić information content (AvgIpc) is 2.74. The molecular formula is C20H21ClN2O6S. The summed E-state index contributed by atoms with van der Waals surface area (Å²) >= 11 is 5.81. The van der Waals surface area contributed by atoms with Crippen LogP contribution in [0.4, 0.5) is 5.69 Å². The maximum absolute atomic E-state index is 12.7. The first-order valence-electron chi connectivity index (χ1n) is 9.27. The number of piperidine rings is 1. The molecule has 160 valence electrons. The maximum atomic E-state index is 12.7. The largest absolute Gasteiger partial charge is 0.508 e. The molecule has 0 aliphatic carbocycles. The fourth-order valence-corrected chi connectivity index (χ4v) is 4.68. The van der Waals surface area contributed by atoms with Crippen molar-refractivity contribution in [2.45, 2.75) is 17.7 Å². The first-order valence-corrected chi connectivity index (χ1v) is 11.1. The number of anilines is 1. The highest BCUT2D eigenvalue weighted by atomic mass is 35.5. The Morgan fingerprint density at radius 1 is 1.07 bits per heavy atom. The molecule has 0 aromatic heterocycles. The van der Waals surface area contributed by atoms with Crippen molar-refractivity contribution in [3.63, 3.8) is 0 Å². The van der Waals surface area contributed by atoms with Gasteiger partial charge >= 0.3 is 5.97 Å². The number of nitrogens with one attached hydrogen (secondary N) is 1. The number of carbonyl (C=O) groups excluding carboxylic acids is 2. The standard InChI is InChI=1S/C20H21ClN2O6S/c21-15-1-7-18(8-2-15)30(27,28)23-11-9-14(10-12-23)20(26)29-13-19(25)22-16-3-5-17(24)6-4-16/h1-8,14,24H,9-13H2,(H,22,25). The Hall–Kier alpha value is -2.62. The molecule has 1 saturated heterocycles. The van der Waals surface area contributed by atoms with Crippen LogP contribution < -0.4 is 5.32 Å². The molecule has 1 amide bonds. The van der Waals surface area contributed by atoms with Crippen LogP contribution in [0.1, 0.15) is 12.8 Å². The van der Waals surface area contributed by atoms with E-state index in [0.717, 1.165) is 0 Å². The minimum Gasteiger partial charge on any atom is -0.508 e. The summed E-state index contributed by atoms with van der Waals surface area (Å²) in [6.45, 7) is -0.0716. The van der Waals surface area contributed by atoms with Gasteiger partial charge in [0.15, 0.2) is 6.61 Å². The predicted molar refractivity (Wildman–Crippen MR) is 111 cm³/mol. The number of aromatic hydroxyl groups is 1. The number of halogens is 1. The lowest BCUT2D eigenvalue weighted by Crippen LogP contribution is -2.40. The predicted octanol–water partition coefficient (Wildman–Crippen LogP) is 2.63. The number of benzene rings is 2. The van der Waals surface area contributed by atoms with E-state index in [1.165, 1.54) is 52.8 Å². The molecule has 2 aromatic rings. The zero-order chi connectivity index (χ0) is 21.7. The number of rotatable bonds is 6. The van der Waals surface area contributed by atoms with Gasteiger partial charge in [0.1, 0.15) is 5.75 Å². The van der Waals surface area contributed by atoms with Crippen LogP contribution in [0.5, 0.6) is 5.75 Å². The van der Waals surface area contributed by atoms with Crippen LogP contribution in [0.15, 0.2) is 53.4 Å². The average molecular weight is 453 g/mol. The highest BCUT2D eigenvalue weighted by Crippen LogP contribution is 2.25. The van der Waals surface area contributed by atoms with Crippen LogP contribution >= 0.6 is 11.6 Å². The number of carbonyl (C=O) groups is 2. The summed E-state index contributed by atoms with van der Waals surface area (Å²) in [7, 11) is -3.65. The molecule has 0 atom stereocenters. The SMILES string of the molecule is O=C(COC(=O)C1CCN(S(=O)(=O)c2ccc(Cl)cc2)CC1)Nc1ccc(O)cc1. The zero-order valence-corrected chi connectivity index (χ0v) is 17.5. The number of sulfonamides is 1. The van der Waals surface area contributed by atoms with E-state index < -0.39 is 34.4 Å². The Morgan fingerprint density at radius 3 is 2.27 bits per heavy atom. The molecule has 0 saturated carbocycles. The minimum absolute atomic E-state index is 0.0730. The van der Waals surface area contributed by atoms with Gasteiger partial charge in [-0.05, 0) is 61.4 Å². The molecule has 2 N–H and O–H groups in total.